The van der Waals surface area contributed by atoms with Crippen LogP contribution in [0.3, 0.4) is 0 Å². The number of hydrogen-bond acceptors (Lipinski definition) is 2. The third kappa shape index (κ3) is 4.08. The molecule has 24 heavy (non-hydrogen) atoms. The number of nitrogens with zero attached hydrogens (tertiary/aromatic N) is 1. The molecule has 0 aliphatic heterocycles. The highest BCUT2D eigenvalue weighted by molar-refractivity contribution is 5.76. The number of H-pyrrole nitrogens is 1. The highest BCUT2D eigenvalue weighted by Gasteiger charge is 2.22. The molecule has 0 spiro atoms. The zero-order valence-corrected chi connectivity index (χ0v) is 14.6. The molecule has 3 N–H and O–H groups in total. The van der Waals surface area contributed by atoms with Gasteiger partial charge in [0.2, 0.25) is 0 Å². The maximum Gasteiger partial charge on any atom is 0.315 e. The quantitative estimate of drug-likeness (QED) is 0.746. The smallest absolute Gasteiger partial charge is 0.315 e. The summed E-state index contributed by atoms with van der Waals surface area (Å²) < 4.78 is 0. The molecule has 0 saturated heterocycles. The molecule has 3 rings (SSSR count). The van der Waals surface area contributed by atoms with Crippen LogP contribution in [0.4, 0.5) is 4.79 Å². The van der Waals surface area contributed by atoms with Gasteiger partial charge in [0.05, 0.1) is 17.1 Å². The minimum atomic E-state index is -0.121. The normalized spacial score (nSPS) is 16.6. The molecule has 1 atom stereocenters. The van der Waals surface area contributed by atoms with Gasteiger partial charge in [0.1, 0.15) is 5.82 Å². The number of rotatable bonds is 6. The molecule has 1 saturated carbocycles. The first-order chi connectivity index (χ1) is 11.6. The largest absolute Gasteiger partial charge is 0.340 e. The number of hydrogen-bond donors (Lipinski definition) is 3. The predicted octanol–water partition coefficient (Wildman–Crippen LogP) is 4.14. The van der Waals surface area contributed by atoms with Crippen molar-refractivity contribution in [1.82, 2.24) is 20.6 Å². The number of urea groups is 1. The lowest BCUT2D eigenvalue weighted by molar-refractivity contribution is 0.231. The Morgan fingerprint density at radius 2 is 2.04 bits per heavy atom. The summed E-state index contributed by atoms with van der Waals surface area (Å²) in [6.45, 7) is 4.94. The Morgan fingerprint density at radius 1 is 1.29 bits per heavy atom. The van der Waals surface area contributed by atoms with Crippen molar-refractivity contribution >= 4 is 17.1 Å². The van der Waals surface area contributed by atoms with E-state index in [4.69, 9.17) is 0 Å². The minimum Gasteiger partial charge on any atom is -0.340 e. The first-order valence-corrected chi connectivity index (χ1v) is 9.12. The van der Waals surface area contributed by atoms with Gasteiger partial charge in [0.15, 0.2) is 0 Å². The number of fused-ring (bicyclic) bond motifs is 1. The summed E-state index contributed by atoms with van der Waals surface area (Å²) >= 11 is 0. The fraction of sp³-hybridized carbons (Fsp3) is 0.579. The van der Waals surface area contributed by atoms with Gasteiger partial charge in [-0.15, -0.1) is 0 Å². The van der Waals surface area contributed by atoms with Gasteiger partial charge in [-0.05, 0) is 30.4 Å². The fourth-order valence-corrected chi connectivity index (χ4v) is 3.55. The number of carbonyl (C=O) groups is 1. The van der Waals surface area contributed by atoms with Gasteiger partial charge >= 0.3 is 6.03 Å². The molecule has 1 aromatic heterocycles. The van der Waals surface area contributed by atoms with Crippen LogP contribution < -0.4 is 10.6 Å². The molecule has 1 aliphatic carbocycles. The number of benzene rings is 1. The summed E-state index contributed by atoms with van der Waals surface area (Å²) in [5.74, 6) is 1.87. The lowest BCUT2D eigenvalue weighted by Crippen LogP contribution is -2.40. The van der Waals surface area contributed by atoms with Crippen molar-refractivity contribution in [3.8, 4) is 0 Å². The summed E-state index contributed by atoms with van der Waals surface area (Å²) in [5, 5.41) is 6.08. The van der Waals surface area contributed by atoms with E-state index in [0.29, 0.717) is 0 Å². The van der Waals surface area contributed by atoms with Crippen molar-refractivity contribution in [3.63, 3.8) is 0 Å². The number of carbonyl (C=O) groups excluding carboxylic acids is 1. The molecule has 1 aliphatic rings. The summed E-state index contributed by atoms with van der Waals surface area (Å²) in [5.41, 5.74) is 1.93. The topological polar surface area (TPSA) is 69.8 Å². The van der Waals surface area contributed by atoms with Gasteiger partial charge in [-0.1, -0.05) is 51.7 Å². The summed E-state index contributed by atoms with van der Waals surface area (Å²) in [7, 11) is 0. The van der Waals surface area contributed by atoms with Crippen molar-refractivity contribution < 1.29 is 4.79 Å². The maximum atomic E-state index is 12.3. The van der Waals surface area contributed by atoms with Gasteiger partial charge in [-0.25, -0.2) is 9.78 Å². The molecule has 1 fully saturated rings. The van der Waals surface area contributed by atoms with E-state index in [1.807, 2.05) is 24.3 Å². The summed E-state index contributed by atoms with van der Waals surface area (Å²) in [6, 6.07) is 7.72. The number of amides is 2. The first-order valence-electron chi connectivity index (χ1n) is 9.12. The Hall–Kier alpha value is -2.04. The Balaban J connectivity index is 1.57. The molecule has 0 bridgehead atoms. The number of nitrogens with one attached hydrogen (secondary N) is 3. The Labute approximate surface area is 143 Å². The Morgan fingerprint density at radius 3 is 2.75 bits per heavy atom. The van der Waals surface area contributed by atoms with Crippen LogP contribution >= 0.6 is 0 Å². The molecule has 5 nitrogen and oxygen atoms in total. The molecule has 5 heteroatoms. The van der Waals surface area contributed by atoms with E-state index >= 15 is 0 Å². The van der Waals surface area contributed by atoms with Gasteiger partial charge in [-0.3, -0.25) is 0 Å². The zero-order chi connectivity index (χ0) is 16.9. The van der Waals surface area contributed by atoms with Gasteiger partial charge in [0, 0.05) is 6.54 Å². The molecular formula is C19H28N4O. The van der Waals surface area contributed by atoms with Gasteiger partial charge < -0.3 is 15.6 Å². The third-order valence-corrected chi connectivity index (χ3v) is 4.97. The minimum absolute atomic E-state index is 0.104. The fourth-order valence-electron chi connectivity index (χ4n) is 3.55. The maximum absolute atomic E-state index is 12.3. The van der Waals surface area contributed by atoms with Crippen LogP contribution in [0.1, 0.15) is 57.8 Å². The second-order valence-corrected chi connectivity index (χ2v) is 7.20. The SMILES string of the molecule is CC(C)C(NC(=O)NCCC1CCCC1)c1nc2ccccc2[nH]1. The molecular weight excluding hydrogens is 300 g/mol. The van der Waals surface area contributed by atoms with Crippen LogP contribution in [-0.4, -0.2) is 22.5 Å². The number of aromatic amines is 1. The number of para-hydroxylation sites is 2. The standard InChI is InChI=1S/C19H28N4O/c1-13(2)17(18-21-15-9-5-6-10-16(15)22-18)23-19(24)20-12-11-14-7-3-4-8-14/h5-6,9-10,13-14,17H,3-4,7-8,11-12H2,1-2H3,(H,21,22)(H2,20,23,24). The molecule has 1 heterocycles. The second-order valence-electron chi connectivity index (χ2n) is 7.20. The van der Waals surface area contributed by atoms with E-state index in [1.54, 1.807) is 0 Å². The molecule has 1 aromatic carbocycles. The van der Waals surface area contributed by atoms with E-state index in [1.165, 1.54) is 25.7 Å². The molecule has 0 radical (unpaired) electrons. The van der Waals surface area contributed by atoms with E-state index in [-0.39, 0.29) is 18.0 Å². The highest BCUT2D eigenvalue weighted by Crippen LogP contribution is 2.27. The van der Waals surface area contributed by atoms with E-state index in [9.17, 15) is 4.79 Å². The number of imidazole rings is 1. The Kier molecular flexibility index (Phi) is 5.38. The van der Waals surface area contributed by atoms with Gasteiger partial charge in [-0.2, -0.15) is 0 Å². The van der Waals surface area contributed by atoms with Crippen molar-refractivity contribution in [3.05, 3.63) is 30.1 Å². The highest BCUT2D eigenvalue weighted by atomic mass is 16.2. The summed E-state index contributed by atoms with van der Waals surface area (Å²) in [4.78, 5) is 20.2. The van der Waals surface area contributed by atoms with Crippen molar-refractivity contribution in [2.45, 2.75) is 52.0 Å². The lowest BCUT2D eigenvalue weighted by Gasteiger charge is -2.21. The average molecular weight is 328 g/mol. The van der Waals surface area contributed by atoms with Crippen molar-refractivity contribution in [2.75, 3.05) is 6.54 Å². The van der Waals surface area contributed by atoms with Crippen LogP contribution in [0, 0.1) is 11.8 Å². The monoisotopic (exact) mass is 328 g/mol. The van der Waals surface area contributed by atoms with Crippen molar-refractivity contribution in [1.29, 1.82) is 0 Å². The predicted molar refractivity (Wildman–Crippen MR) is 96.8 cm³/mol. The molecule has 1 unspecified atom stereocenters. The van der Waals surface area contributed by atoms with Crippen molar-refractivity contribution in [2.24, 2.45) is 11.8 Å². The van der Waals surface area contributed by atoms with Crippen LogP contribution in [0.15, 0.2) is 24.3 Å². The second kappa shape index (κ2) is 7.69. The van der Waals surface area contributed by atoms with Crippen LogP contribution in [0.25, 0.3) is 11.0 Å². The first kappa shape index (κ1) is 16.8. The van der Waals surface area contributed by atoms with E-state index in [0.717, 1.165) is 35.7 Å². The van der Waals surface area contributed by atoms with Crippen LogP contribution in [0.5, 0.6) is 0 Å². The summed E-state index contributed by atoms with van der Waals surface area (Å²) in [6.07, 6.45) is 6.41. The number of aromatic nitrogens is 2. The van der Waals surface area contributed by atoms with E-state index in [2.05, 4.69) is 34.4 Å². The zero-order valence-electron chi connectivity index (χ0n) is 14.6. The van der Waals surface area contributed by atoms with E-state index < -0.39 is 0 Å². The van der Waals surface area contributed by atoms with Crippen LogP contribution in [0.2, 0.25) is 0 Å². The third-order valence-electron chi connectivity index (χ3n) is 4.97. The molecule has 130 valence electrons. The molecule has 2 amide bonds. The van der Waals surface area contributed by atoms with Crippen LogP contribution in [-0.2, 0) is 0 Å². The lowest BCUT2D eigenvalue weighted by atomic mass is 10.0. The Bertz CT molecular complexity index is 640. The van der Waals surface area contributed by atoms with Gasteiger partial charge in [0.25, 0.3) is 0 Å². The average Bonchev–Trinajstić information content (AvgIpc) is 3.21. The molecule has 2 aromatic rings.